The van der Waals surface area contributed by atoms with E-state index in [4.69, 9.17) is 4.74 Å². The molecule has 2 atom stereocenters. The van der Waals surface area contributed by atoms with Crippen LogP contribution in [0.3, 0.4) is 0 Å². The number of nitrogens with zero attached hydrogens (tertiary/aromatic N) is 2. The van der Waals surface area contributed by atoms with Crippen molar-refractivity contribution in [2.24, 2.45) is 0 Å². The highest BCUT2D eigenvalue weighted by atomic mass is 16.5. The summed E-state index contributed by atoms with van der Waals surface area (Å²) in [4.78, 5) is 16.1. The number of hydrogen-bond acceptors (Lipinski definition) is 3. The first-order chi connectivity index (χ1) is 8.59. The number of fused-ring (bicyclic) bond motifs is 3. The largest absolute Gasteiger partial charge is 0.452 e. The van der Waals surface area contributed by atoms with E-state index in [0.29, 0.717) is 0 Å². The zero-order valence-electron chi connectivity index (χ0n) is 11.0. The highest BCUT2D eigenvalue weighted by Gasteiger charge is 2.55. The van der Waals surface area contributed by atoms with Crippen LogP contribution < -0.4 is 4.90 Å². The fraction of sp³-hybridized carbons (Fsp3) is 0.500. The van der Waals surface area contributed by atoms with Gasteiger partial charge < -0.3 is 4.74 Å². The number of anilines is 1. The molecule has 3 rings (SSSR count). The Kier molecular flexibility index (Phi) is 2.38. The molecule has 1 aromatic carbocycles. The van der Waals surface area contributed by atoms with Crippen molar-refractivity contribution in [3.05, 3.63) is 29.8 Å². The molecule has 2 aliphatic heterocycles. The Morgan fingerprint density at radius 1 is 1.44 bits per heavy atom. The van der Waals surface area contributed by atoms with Crippen molar-refractivity contribution in [3.8, 4) is 0 Å². The summed E-state index contributed by atoms with van der Waals surface area (Å²) in [6.45, 7) is 3.24. The van der Waals surface area contributed by atoms with Crippen molar-refractivity contribution in [2.75, 3.05) is 25.6 Å². The van der Waals surface area contributed by atoms with E-state index in [1.807, 2.05) is 18.2 Å². The summed E-state index contributed by atoms with van der Waals surface area (Å²) in [7, 11) is 3.51. The standard InChI is InChI=1S/C14H18N2O2/c1-14-8-9-15(2)12(14)16(13(17)18-3)11-7-5-4-6-10(11)14/h4-7,12H,8-9H2,1-3H3/t12-,14+/m1/s1. The Labute approximate surface area is 107 Å². The Hall–Kier alpha value is -1.55. The molecule has 18 heavy (non-hydrogen) atoms. The van der Waals surface area contributed by atoms with Gasteiger partial charge in [-0.15, -0.1) is 0 Å². The Bertz CT molecular complexity index is 502. The van der Waals surface area contributed by atoms with Crippen LogP contribution in [-0.2, 0) is 10.2 Å². The molecule has 1 saturated heterocycles. The summed E-state index contributed by atoms with van der Waals surface area (Å²) in [5.41, 5.74) is 2.26. The van der Waals surface area contributed by atoms with Crippen molar-refractivity contribution in [1.29, 1.82) is 0 Å². The van der Waals surface area contributed by atoms with Gasteiger partial charge in [0.2, 0.25) is 0 Å². The van der Waals surface area contributed by atoms with E-state index in [1.54, 1.807) is 4.90 Å². The molecular formula is C14H18N2O2. The van der Waals surface area contributed by atoms with E-state index >= 15 is 0 Å². The number of likely N-dealkylation sites (tertiary alicyclic amines) is 1. The summed E-state index contributed by atoms with van der Waals surface area (Å²) in [5.74, 6) is 0. The number of methoxy groups -OCH3 is 1. The summed E-state index contributed by atoms with van der Waals surface area (Å²) >= 11 is 0. The predicted molar refractivity (Wildman–Crippen MR) is 69.7 cm³/mol. The van der Waals surface area contributed by atoms with Crippen molar-refractivity contribution in [3.63, 3.8) is 0 Å². The molecule has 1 aromatic rings. The Balaban J connectivity index is 2.17. The lowest BCUT2D eigenvalue weighted by molar-refractivity contribution is 0.163. The monoisotopic (exact) mass is 246 g/mol. The van der Waals surface area contributed by atoms with Gasteiger partial charge in [0, 0.05) is 12.0 Å². The molecule has 4 nitrogen and oxygen atoms in total. The number of hydrogen-bond donors (Lipinski definition) is 0. The number of carbonyl (C=O) groups excluding carboxylic acids is 1. The number of amides is 1. The maximum atomic E-state index is 12.1. The van der Waals surface area contributed by atoms with Crippen LogP contribution in [0.4, 0.5) is 10.5 Å². The van der Waals surface area contributed by atoms with Crippen molar-refractivity contribution < 1.29 is 9.53 Å². The molecule has 2 aliphatic rings. The summed E-state index contributed by atoms with van der Waals surface area (Å²) in [6.07, 6.45) is 0.867. The first-order valence-corrected chi connectivity index (χ1v) is 6.26. The van der Waals surface area contributed by atoms with Crippen LogP contribution in [0.2, 0.25) is 0 Å². The van der Waals surface area contributed by atoms with Gasteiger partial charge in [0.25, 0.3) is 0 Å². The first-order valence-electron chi connectivity index (χ1n) is 6.26. The quantitative estimate of drug-likeness (QED) is 0.703. The predicted octanol–water partition coefficient (Wildman–Crippen LogP) is 2.19. The lowest BCUT2D eigenvalue weighted by Crippen LogP contribution is -2.50. The fourth-order valence-corrected chi connectivity index (χ4v) is 3.50. The molecule has 0 aromatic heterocycles. The molecule has 0 aliphatic carbocycles. The molecule has 0 bridgehead atoms. The topological polar surface area (TPSA) is 32.8 Å². The van der Waals surface area contributed by atoms with Crippen LogP contribution in [0.5, 0.6) is 0 Å². The Morgan fingerprint density at radius 3 is 2.89 bits per heavy atom. The van der Waals surface area contributed by atoms with Crippen LogP contribution in [0.1, 0.15) is 18.9 Å². The smallest absolute Gasteiger partial charge is 0.415 e. The maximum Gasteiger partial charge on any atom is 0.415 e. The molecule has 0 radical (unpaired) electrons. The second-order valence-electron chi connectivity index (χ2n) is 5.38. The number of likely N-dealkylation sites (N-methyl/N-ethyl adjacent to an activating group) is 1. The van der Waals surface area contributed by atoms with E-state index in [9.17, 15) is 4.79 Å². The lowest BCUT2D eigenvalue weighted by atomic mass is 9.81. The van der Waals surface area contributed by atoms with E-state index in [2.05, 4.69) is 24.9 Å². The van der Waals surface area contributed by atoms with E-state index in [-0.39, 0.29) is 17.7 Å². The van der Waals surface area contributed by atoms with Crippen LogP contribution >= 0.6 is 0 Å². The Morgan fingerprint density at radius 2 is 2.17 bits per heavy atom. The minimum atomic E-state index is -0.273. The zero-order valence-corrected chi connectivity index (χ0v) is 11.0. The maximum absolute atomic E-state index is 12.1. The van der Waals surface area contributed by atoms with Gasteiger partial charge in [0.15, 0.2) is 0 Å². The second-order valence-corrected chi connectivity index (χ2v) is 5.38. The van der Waals surface area contributed by atoms with Crippen LogP contribution in [-0.4, -0.2) is 37.9 Å². The van der Waals surface area contributed by atoms with Gasteiger partial charge in [0.05, 0.1) is 12.8 Å². The van der Waals surface area contributed by atoms with Crippen molar-refractivity contribution in [2.45, 2.75) is 24.9 Å². The molecule has 2 heterocycles. The third-order valence-electron chi connectivity index (χ3n) is 4.37. The fourth-order valence-electron chi connectivity index (χ4n) is 3.50. The van der Waals surface area contributed by atoms with Crippen molar-refractivity contribution >= 4 is 11.8 Å². The second kappa shape index (κ2) is 3.72. The third-order valence-corrected chi connectivity index (χ3v) is 4.37. The van der Waals surface area contributed by atoms with Crippen LogP contribution in [0.15, 0.2) is 24.3 Å². The lowest BCUT2D eigenvalue weighted by Gasteiger charge is -2.32. The van der Waals surface area contributed by atoms with E-state index < -0.39 is 0 Å². The summed E-state index contributed by atoms with van der Waals surface area (Å²) in [6, 6.07) is 8.15. The van der Waals surface area contributed by atoms with Gasteiger partial charge in [-0.2, -0.15) is 0 Å². The molecule has 1 fully saturated rings. The molecule has 4 heteroatoms. The van der Waals surface area contributed by atoms with Crippen molar-refractivity contribution in [1.82, 2.24) is 4.90 Å². The van der Waals surface area contributed by atoms with Gasteiger partial charge in [-0.05, 0) is 25.1 Å². The molecule has 0 spiro atoms. The van der Waals surface area contributed by atoms with Gasteiger partial charge in [-0.25, -0.2) is 4.79 Å². The molecule has 0 saturated carbocycles. The van der Waals surface area contributed by atoms with Gasteiger partial charge in [0.1, 0.15) is 6.17 Å². The van der Waals surface area contributed by atoms with Crippen LogP contribution in [0, 0.1) is 0 Å². The molecular weight excluding hydrogens is 228 g/mol. The van der Waals surface area contributed by atoms with E-state index in [1.165, 1.54) is 12.7 Å². The number of rotatable bonds is 0. The number of para-hydroxylation sites is 1. The number of carbonyl (C=O) groups is 1. The molecule has 0 unspecified atom stereocenters. The van der Waals surface area contributed by atoms with Gasteiger partial charge in [-0.3, -0.25) is 9.80 Å². The SMILES string of the molecule is COC(=O)N1c2ccccc2[C@]2(C)CCN(C)[C@H]12. The highest BCUT2D eigenvalue weighted by molar-refractivity contribution is 5.92. The minimum Gasteiger partial charge on any atom is -0.452 e. The number of ether oxygens (including phenoxy) is 1. The van der Waals surface area contributed by atoms with Gasteiger partial charge in [-0.1, -0.05) is 25.1 Å². The highest BCUT2D eigenvalue weighted by Crippen LogP contribution is 2.51. The van der Waals surface area contributed by atoms with Gasteiger partial charge >= 0.3 is 6.09 Å². The first kappa shape index (κ1) is 11.5. The third kappa shape index (κ3) is 1.27. The molecule has 0 N–H and O–H groups in total. The summed E-state index contributed by atoms with van der Waals surface area (Å²) < 4.78 is 4.95. The minimum absolute atomic E-state index is 0.0134. The molecule has 1 amide bonds. The average molecular weight is 246 g/mol. The molecule has 96 valence electrons. The summed E-state index contributed by atoms with van der Waals surface area (Å²) in [5, 5.41) is 0. The zero-order chi connectivity index (χ0) is 12.9. The normalized spacial score (nSPS) is 30.2. The van der Waals surface area contributed by atoms with Crippen LogP contribution in [0.25, 0.3) is 0 Å². The van der Waals surface area contributed by atoms with E-state index in [0.717, 1.165) is 18.7 Å². The average Bonchev–Trinajstić information content (AvgIpc) is 2.82. The number of benzene rings is 1.